The molecule has 1 saturated heterocycles. The molecule has 3 rings (SSSR count). The molecule has 4 nitrogen and oxygen atoms in total. The molecule has 20 heavy (non-hydrogen) atoms. The van der Waals surface area contributed by atoms with Crippen LogP contribution in [0.3, 0.4) is 0 Å². The van der Waals surface area contributed by atoms with E-state index in [4.69, 9.17) is 4.74 Å². The summed E-state index contributed by atoms with van der Waals surface area (Å²) >= 11 is 3.36. The highest BCUT2D eigenvalue weighted by Gasteiger charge is 2.42. The highest BCUT2D eigenvalue weighted by molar-refractivity contribution is 9.10. The second kappa shape index (κ2) is 5.82. The van der Waals surface area contributed by atoms with Gasteiger partial charge in [0.25, 0.3) is 5.91 Å². The van der Waals surface area contributed by atoms with Gasteiger partial charge in [0, 0.05) is 30.0 Å². The largest absolute Gasteiger partial charge is 0.375 e. The van der Waals surface area contributed by atoms with E-state index in [0.717, 1.165) is 30.5 Å². The highest BCUT2D eigenvalue weighted by atomic mass is 79.9. The summed E-state index contributed by atoms with van der Waals surface area (Å²) in [6.07, 6.45) is 9.07. The second-order valence-electron chi connectivity index (χ2n) is 5.81. The summed E-state index contributed by atoms with van der Waals surface area (Å²) < 4.78 is 6.65. The van der Waals surface area contributed by atoms with E-state index in [1.54, 1.807) is 18.5 Å². The molecule has 0 bridgehead atoms. The summed E-state index contributed by atoms with van der Waals surface area (Å²) in [6, 6.07) is 1.73. The fourth-order valence-corrected chi connectivity index (χ4v) is 3.55. The Bertz CT molecular complexity index is 502. The normalized spacial score (nSPS) is 24.1. The summed E-state index contributed by atoms with van der Waals surface area (Å²) in [4.78, 5) is 16.1. The Labute approximate surface area is 127 Å². The van der Waals surface area contributed by atoms with Gasteiger partial charge in [0.05, 0.1) is 11.2 Å². The average molecular weight is 339 g/mol. The minimum Gasteiger partial charge on any atom is -0.375 e. The molecule has 2 heterocycles. The number of nitrogens with zero attached hydrogens (tertiary/aromatic N) is 1. The van der Waals surface area contributed by atoms with Crippen molar-refractivity contribution < 1.29 is 9.53 Å². The molecule has 1 N–H and O–H groups in total. The number of hydrogen-bond acceptors (Lipinski definition) is 3. The smallest absolute Gasteiger partial charge is 0.252 e. The van der Waals surface area contributed by atoms with Crippen molar-refractivity contribution >= 4 is 21.8 Å². The molecule has 1 aromatic heterocycles. The van der Waals surface area contributed by atoms with Crippen LogP contribution in [0, 0.1) is 5.92 Å². The third-order valence-electron chi connectivity index (χ3n) is 4.43. The minimum atomic E-state index is -0.0339. The molecule has 1 atom stereocenters. The van der Waals surface area contributed by atoms with E-state index in [1.165, 1.54) is 19.3 Å². The quantitative estimate of drug-likeness (QED) is 0.921. The molecular formula is C15H19BrN2O2. The van der Waals surface area contributed by atoms with Gasteiger partial charge in [-0.3, -0.25) is 9.78 Å². The number of pyridine rings is 1. The van der Waals surface area contributed by atoms with Crippen molar-refractivity contribution in [2.24, 2.45) is 5.92 Å². The first-order chi connectivity index (χ1) is 9.69. The van der Waals surface area contributed by atoms with Gasteiger partial charge in [-0.2, -0.15) is 0 Å². The van der Waals surface area contributed by atoms with Crippen LogP contribution in [-0.4, -0.2) is 29.6 Å². The molecule has 1 aliphatic heterocycles. The molecule has 108 valence electrons. The lowest BCUT2D eigenvalue weighted by atomic mass is 9.72. The van der Waals surface area contributed by atoms with Gasteiger partial charge in [-0.1, -0.05) is 0 Å². The zero-order valence-electron chi connectivity index (χ0n) is 11.4. The lowest BCUT2D eigenvalue weighted by molar-refractivity contribution is -0.142. The van der Waals surface area contributed by atoms with Crippen molar-refractivity contribution in [3.63, 3.8) is 0 Å². The van der Waals surface area contributed by atoms with E-state index >= 15 is 0 Å². The standard InChI is InChI=1S/C15H19BrN2O2/c16-13-10-17-6-2-12(13)14(19)18-9-11-3-7-20-15(8-11)4-1-5-15/h2,6,10-11H,1,3-5,7-9H2,(H,18,19)/t11-/m0/s1. The third-order valence-corrected chi connectivity index (χ3v) is 5.06. The van der Waals surface area contributed by atoms with Crippen LogP contribution in [0.25, 0.3) is 0 Å². The van der Waals surface area contributed by atoms with E-state index in [9.17, 15) is 4.79 Å². The van der Waals surface area contributed by atoms with Gasteiger partial charge in [0.2, 0.25) is 0 Å². The fourth-order valence-electron chi connectivity index (χ4n) is 3.11. The number of rotatable bonds is 3. The van der Waals surface area contributed by atoms with E-state index < -0.39 is 0 Å². The molecule has 0 aromatic carbocycles. The molecule has 0 unspecified atom stereocenters. The summed E-state index contributed by atoms with van der Waals surface area (Å²) in [5, 5.41) is 3.04. The summed E-state index contributed by atoms with van der Waals surface area (Å²) in [5.74, 6) is 0.502. The van der Waals surface area contributed by atoms with Gasteiger partial charge < -0.3 is 10.1 Å². The Balaban J connectivity index is 1.54. The van der Waals surface area contributed by atoms with Crippen molar-refractivity contribution in [2.45, 2.75) is 37.7 Å². The minimum absolute atomic E-state index is 0.0339. The van der Waals surface area contributed by atoms with Gasteiger partial charge in [-0.25, -0.2) is 0 Å². The Morgan fingerprint density at radius 1 is 1.55 bits per heavy atom. The number of amides is 1. The van der Waals surface area contributed by atoms with Gasteiger partial charge in [-0.15, -0.1) is 0 Å². The van der Waals surface area contributed by atoms with Crippen LogP contribution in [0.1, 0.15) is 42.5 Å². The Morgan fingerprint density at radius 3 is 3.10 bits per heavy atom. The first-order valence-corrected chi connectivity index (χ1v) is 7.99. The zero-order valence-corrected chi connectivity index (χ0v) is 13.0. The molecule has 5 heteroatoms. The first-order valence-electron chi connectivity index (χ1n) is 7.20. The number of nitrogens with one attached hydrogen (secondary N) is 1. The Kier molecular flexibility index (Phi) is 4.08. The maximum absolute atomic E-state index is 12.2. The van der Waals surface area contributed by atoms with E-state index in [2.05, 4.69) is 26.2 Å². The fraction of sp³-hybridized carbons (Fsp3) is 0.600. The van der Waals surface area contributed by atoms with Gasteiger partial charge >= 0.3 is 0 Å². The van der Waals surface area contributed by atoms with Crippen LogP contribution >= 0.6 is 15.9 Å². The van der Waals surface area contributed by atoms with E-state index in [0.29, 0.717) is 11.5 Å². The first kappa shape index (κ1) is 14.0. The van der Waals surface area contributed by atoms with Gasteiger partial charge in [0.1, 0.15) is 0 Å². The third kappa shape index (κ3) is 2.88. The molecule has 2 aliphatic rings. The van der Waals surface area contributed by atoms with Crippen molar-refractivity contribution in [1.82, 2.24) is 10.3 Å². The van der Waals surface area contributed by atoms with Crippen LogP contribution in [-0.2, 0) is 4.74 Å². The lowest BCUT2D eigenvalue weighted by Gasteiger charge is -2.47. The summed E-state index contributed by atoms with van der Waals surface area (Å²) in [5.41, 5.74) is 0.788. The Hall–Kier alpha value is -0.940. The number of halogens is 1. The molecule has 1 amide bonds. The van der Waals surface area contributed by atoms with Gasteiger partial charge in [0.15, 0.2) is 0 Å². The van der Waals surface area contributed by atoms with E-state index in [-0.39, 0.29) is 11.5 Å². The molecule has 1 saturated carbocycles. The van der Waals surface area contributed by atoms with Crippen molar-refractivity contribution in [3.05, 3.63) is 28.5 Å². The SMILES string of the molecule is O=C(NC[C@H]1CCOC2(CCC2)C1)c1ccncc1Br. The molecule has 1 aliphatic carbocycles. The summed E-state index contributed by atoms with van der Waals surface area (Å²) in [6.45, 7) is 1.57. The highest BCUT2D eigenvalue weighted by Crippen LogP contribution is 2.44. The number of hydrogen-bond donors (Lipinski definition) is 1. The molecular weight excluding hydrogens is 320 g/mol. The Morgan fingerprint density at radius 2 is 2.40 bits per heavy atom. The molecule has 1 aromatic rings. The van der Waals surface area contributed by atoms with Crippen molar-refractivity contribution in [1.29, 1.82) is 0 Å². The van der Waals surface area contributed by atoms with Crippen molar-refractivity contribution in [2.75, 3.05) is 13.2 Å². The van der Waals surface area contributed by atoms with E-state index in [1.807, 2.05) is 0 Å². The number of aromatic nitrogens is 1. The van der Waals surface area contributed by atoms with Gasteiger partial charge in [-0.05, 0) is 60.0 Å². The van der Waals surface area contributed by atoms with Crippen LogP contribution < -0.4 is 5.32 Å². The molecule has 2 fully saturated rings. The predicted octanol–water partition coefficient (Wildman–Crippen LogP) is 2.92. The van der Waals surface area contributed by atoms with Crippen LogP contribution in [0.2, 0.25) is 0 Å². The topological polar surface area (TPSA) is 51.2 Å². The molecule has 0 radical (unpaired) electrons. The monoisotopic (exact) mass is 338 g/mol. The predicted molar refractivity (Wildman–Crippen MR) is 79.5 cm³/mol. The van der Waals surface area contributed by atoms with Crippen molar-refractivity contribution in [3.8, 4) is 0 Å². The number of carbonyl (C=O) groups is 1. The zero-order chi connectivity index (χ0) is 14.0. The lowest BCUT2D eigenvalue weighted by Crippen LogP contribution is -2.47. The number of carbonyl (C=O) groups excluding carboxylic acids is 1. The second-order valence-corrected chi connectivity index (χ2v) is 6.66. The molecule has 1 spiro atoms. The summed E-state index contributed by atoms with van der Waals surface area (Å²) in [7, 11) is 0. The maximum Gasteiger partial charge on any atom is 0.252 e. The maximum atomic E-state index is 12.2. The number of ether oxygens (including phenoxy) is 1. The van der Waals surface area contributed by atoms with Crippen LogP contribution in [0.4, 0.5) is 0 Å². The average Bonchev–Trinajstić information content (AvgIpc) is 2.44. The van der Waals surface area contributed by atoms with Crippen LogP contribution in [0.15, 0.2) is 22.9 Å². The van der Waals surface area contributed by atoms with Crippen LogP contribution in [0.5, 0.6) is 0 Å².